The molecule has 1 aromatic heterocycles. The summed E-state index contributed by atoms with van der Waals surface area (Å²) in [6, 6.07) is 12.4. The first kappa shape index (κ1) is 22.6. The Morgan fingerprint density at radius 2 is 1.66 bits per heavy atom. The summed E-state index contributed by atoms with van der Waals surface area (Å²) in [6.45, 7) is 0. The zero-order chi connectivity index (χ0) is 23.0. The minimum Gasteiger partial charge on any atom is -0.497 e. The Labute approximate surface area is 203 Å². The molecule has 0 aliphatic heterocycles. The van der Waals surface area contributed by atoms with E-state index in [0.29, 0.717) is 28.5 Å². The van der Waals surface area contributed by atoms with Crippen LogP contribution in [0.1, 0.15) is 10.4 Å². The highest BCUT2D eigenvalue weighted by atomic mass is 35.5. The van der Waals surface area contributed by atoms with E-state index < -0.39 is 5.91 Å². The second-order valence-electron chi connectivity index (χ2n) is 6.63. The maximum absolute atomic E-state index is 13.4. The number of hydrogen-bond acceptors (Lipinski definition) is 4. The molecule has 0 unspecified atom stereocenters. The lowest BCUT2D eigenvalue weighted by molar-refractivity contribution is 0.102. The summed E-state index contributed by atoms with van der Waals surface area (Å²) in [4.78, 5) is 21.1. The fraction of sp³-hybridized carbons (Fsp3) is 0.0909. The summed E-state index contributed by atoms with van der Waals surface area (Å²) in [5.74, 6) is 0.681. The van der Waals surface area contributed by atoms with Crippen LogP contribution in [-0.2, 0) is 0 Å². The molecule has 6 nitrogen and oxygen atoms in total. The molecule has 1 heterocycles. The van der Waals surface area contributed by atoms with Crippen molar-refractivity contribution < 1.29 is 14.3 Å². The number of aromatic amines is 1. The maximum atomic E-state index is 13.4. The predicted molar refractivity (Wildman–Crippen MR) is 129 cm³/mol. The van der Waals surface area contributed by atoms with Crippen LogP contribution in [0.15, 0.2) is 42.5 Å². The van der Waals surface area contributed by atoms with E-state index in [-0.39, 0.29) is 31.2 Å². The first-order valence-corrected chi connectivity index (χ1v) is 10.7. The van der Waals surface area contributed by atoms with Gasteiger partial charge in [-0.15, -0.1) is 0 Å². The number of ether oxygens (including phenoxy) is 2. The third kappa shape index (κ3) is 3.95. The van der Waals surface area contributed by atoms with Gasteiger partial charge in [0, 0.05) is 6.07 Å². The quantitative estimate of drug-likeness (QED) is 0.221. The fourth-order valence-corrected chi connectivity index (χ4v) is 4.26. The van der Waals surface area contributed by atoms with Crippen molar-refractivity contribution >= 4 is 69.0 Å². The Kier molecular flexibility index (Phi) is 6.40. The average Bonchev–Trinajstić information content (AvgIpc) is 3.23. The molecule has 4 aromatic rings. The third-order valence-electron chi connectivity index (χ3n) is 4.78. The maximum Gasteiger partial charge on any atom is 0.258 e. The normalized spacial score (nSPS) is 10.9. The molecule has 32 heavy (non-hydrogen) atoms. The molecular weight excluding hydrogens is 496 g/mol. The summed E-state index contributed by atoms with van der Waals surface area (Å²) in [6.07, 6.45) is 0. The zero-order valence-electron chi connectivity index (χ0n) is 16.7. The second-order valence-corrected chi connectivity index (χ2v) is 8.14. The Bertz CT molecular complexity index is 1320. The van der Waals surface area contributed by atoms with E-state index in [1.54, 1.807) is 18.2 Å². The number of nitrogens with one attached hydrogen (secondary N) is 2. The summed E-state index contributed by atoms with van der Waals surface area (Å²) < 4.78 is 10.6. The van der Waals surface area contributed by atoms with Crippen molar-refractivity contribution in [3.05, 3.63) is 68.1 Å². The van der Waals surface area contributed by atoms with Gasteiger partial charge in [-0.2, -0.15) is 0 Å². The van der Waals surface area contributed by atoms with Crippen LogP contribution in [-0.4, -0.2) is 30.1 Å². The molecule has 164 valence electrons. The SMILES string of the molecule is COc1ccc(OC)c(NC(=O)c2c(Cl)c(Cl)c(Cl)c(Cl)c2-c2nc3ccccc3[nH]2)c1. The number of rotatable bonds is 5. The molecule has 3 aromatic carbocycles. The lowest BCUT2D eigenvalue weighted by Gasteiger charge is -2.16. The first-order valence-electron chi connectivity index (χ1n) is 9.20. The van der Waals surface area contributed by atoms with E-state index in [1.165, 1.54) is 14.2 Å². The third-order valence-corrected chi connectivity index (χ3v) is 6.58. The van der Waals surface area contributed by atoms with Crippen LogP contribution in [0, 0.1) is 0 Å². The highest BCUT2D eigenvalue weighted by Crippen LogP contribution is 2.46. The zero-order valence-corrected chi connectivity index (χ0v) is 19.7. The van der Waals surface area contributed by atoms with Crippen LogP contribution < -0.4 is 14.8 Å². The predicted octanol–water partition coefficient (Wildman–Crippen LogP) is 7.11. The monoisotopic (exact) mass is 509 g/mol. The van der Waals surface area contributed by atoms with Crippen molar-refractivity contribution in [1.29, 1.82) is 0 Å². The number of benzene rings is 3. The summed E-state index contributed by atoms with van der Waals surface area (Å²) in [5, 5.41) is 2.74. The van der Waals surface area contributed by atoms with Gasteiger partial charge in [0.05, 0.1) is 62.2 Å². The molecular formula is C22H15Cl4N3O3. The van der Waals surface area contributed by atoms with E-state index in [4.69, 9.17) is 55.9 Å². The smallest absolute Gasteiger partial charge is 0.258 e. The molecule has 10 heteroatoms. The fourth-order valence-electron chi connectivity index (χ4n) is 3.24. The number of imidazole rings is 1. The van der Waals surface area contributed by atoms with Crippen LogP contribution >= 0.6 is 46.4 Å². The summed E-state index contributed by atoms with van der Waals surface area (Å²) >= 11 is 25.6. The van der Waals surface area contributed by atoms with Gasteiger partial charge in [0.25, 0.3) is 5.91 Å². The molecule has 2 N–H and O–H groups in total. The van der Waals surface area contributed by atoms with Gasteiger partial charge in [-0.1, -0.05) is 58.5 Å². The average molecular weight is 511 g/mol. The number of carbonyl (C=O) groups excluding carboxylic acids is 1. The molecule has 4 rings (SSSR count). The number of amides is 1. The van der Waals surface area contributed by atoms with E-state index in [9.17, 15) is 4.79 Å². The minimum absolute atomic E-state index is 0.00926. The van der Waals surface area contributed by atoms with E-state index in [0.717, 1.165) is 5.52 Å². The number of fused-ring (bicyclic) bond motifs is 1. The number of halogens is 4. The molecule has 0 aliphatic rings. The van der Waals surface area contributed by atoms with Gasteiger partial charge < -0.3 is 19.8 Å². The van der Waals surface area contributed by atoms with Crippen LogP contribution in [0.25, 0.3) is 22.4 Å². The van der Waals surface area contributed by atoms with Gasteiger partial charge in [-0.25, -0.2) is 4.98 Å². The van der Waals surface area contributed by atoms with Gasteiger partial charge in [0.1, 0.15) is 17.3 Å². The van der Waals surface area contributed by atoms with Crippen molar-refractivity contribution in [3.8, 4) is 22.9 Å². The number of anilines is 1. The molecule has 0 radical (unpaired) electrons. The Morgan fingerprint density at radius 1 is 0.938 bits per heavy atom. The molecule has 0 fully saturated rings. The minimum atomic E-state index is -0.586. The van der Waals surface area contributed by atoms with Gasteiger partial charge in [0.15, 0.2) is 0 Å². The molecule has 0 aliphatic carbocycles. The molecule has 1 amide bonds. The Balaban J connectivity index is 1.89. The van der Waals surface area contributed by atoms with Gasteiger partial charge >= 0.3 is 0 Å². The van der Waals surface area contributed by atoms with Crippen molar-refractivity contribution in [1.82, 2.24) is 9.97 Å². The van der Waals surface area contributed by atoms with Crippen LogP contribution in [0.2, 0.25) is 20.1 Å². The van der Waals surface area contributed by atoms with Crippen molar-refractivity contribution in [2.45, 2.75) is 0 Å². The molecule has 0 bridgehead atoms. The van der Waals surface area contributed by atoms with E-state index in [2.05, 4.69) is 15.3 Å². The van der Waals surface area contributed by atoms with E-state index >= 15 is 0 Å². The van der Waals surface area contributed by atoms with Crippen LogP contribution in [0.5, 0.6) is 11.5 Å². The van der Waals surface area contributed by atoms with Gasteiger partial charge in [0.2, 0.25) is 0 Å². The largest absolute Gasteiger partial charge is 0.497 e. The van der Waals surface area contributed by atoms with Gasteiger partial charge in [-0.05, 0) is 24.3 Å². The molecule has 0 spiro atoms. The topological polar surface area (TPSA) is 76.2 Å². The Morgan fingerprint density at radius 3 is 2.34 bits per heavy atom. The number of methoxy groups -OCH3 is 2. The van der Waals surface area contributed by atoms with E-state index in [1.807, 2.05) is 24.3 Å². The van der Waals surface area contributed by atoms with Crippen LogP contribution in [0.3, 0.4) is 0 Å². The lowest BCUT2D eigenvalue weighted by Crippen LogP contribution is -2.15. The number of para-hydroxylation sites is 2. The van der Waals surface area contributed by atoms with Crippen LogP contribution in [0.4, 0.5) is 5.69 Å². The molecule has 0 saturated carbocycles. The van der Waals surface area contributed by atoms with Crippen molar-refractivity contribution in [2.24, 2.45) is 0 Å². The highest BCUT2D eigenvalue weighted by molar-refractivity contribution is 6.54. The first-order chi connectivity index (χ1) is 15.3. The van der Waals surface area contributed by atoms with Gasteiger partial charge in [-0.3, -0.25) is 4.79 Å². The van der Waals surface area contributed by atoms with Crippen molar-refractivity contribution in [2.75, 3.05) is 19.5 Å². The number of nitrogens with zero attached hydrogens (tertiary/aromatic N) is 1. The number of aromatic nitrogens is 2. The number of carbonyl (C=O) groups is 1. The number of H-pyrrole nitrogens is 1. The highest BCUT2D eigenvalue weighted by Gasteiger charge is 2.28. The lowest BCUT2D eigenvalue weighted by atomic mass is 10.1. The summed E-state index contributed by atoms with van der Waals surface area (Å²) in [7, 11) is 3.00. The summed E-state index contributed by atoms with van der Waals surface area (Å²) in [5.41, 5.74) is 2.03. The second kappa shape index (κ2) is 9.08. The van der Waals surface area contributed by atoms with Crippen molar-refractivity contribution in [3.63, 3.8) is 0 Å². The molecule has 0 saturated heterocycles. The number of hydrogen-bond donors (Lipinski definition) is 2. The Hall–Kier alpha value is -2.64. The standard InChI is InChI=1S/C22H15Cl4N3O3/c1-31-10-7-8-14(32-2)13(9-10)29-22(30)16-15(17(23)19(25)20(26)18(16)24)21-27-11-5-3-4-6-12(11)28-21/h3-9H,1-2H3,(H,27,28)(H,29,30). The molecule has 0 atom stereocenters.